The van der Waals surface area contributed by atoms with Crippen LogP contribution in [-0.2, 0) is 6.18 Å². The molecule has 0 bridgehead atoms. The Bertz CT molecular complexity index is 489. The van der Waals surface area contributed by atoms with Gasteiger partial charge in [0, 0.05) is 32.2 Å². The van der Waals surface area contributed by atoms with Gasteiger partial charge in [-0.15, -0.1) is 0 Å². The van der Waals surface area contributed by atoms with Crippen molar-refractivity contribution >= 4 is 0 Å². The van der Waals surface area contributed by atoms with Crippen LogP contribution in [0.2, 0.25) is 0 Å². The SMILES string of the molecule is FC(F)(F)c1cccc([C@H](C2CCCC2)N2CCNCC2)c1. The van der Waals surface area contributed by atoms with E-state index >= 15 is 0 Å². The lowest BCUT2D eigenvalue weighted by atomic mass is 9.89. The quantitative estimate of drug-likeness (QED) is 0.912. The van der Waals surface area contributed by atoms with Crippen molar-refractivity contribution in [2.75, 3.05) is 26.2 Å². The lowest BCUT2D eigenvalue weighted by Crippen LogP contribution is -2.46. The highest BCUT2D eigenvalue weighted by atomic mass is 19.4. The molecule has 5 heteroatoms. The average Bonchev–Trinajstić information content (AvgIpc) is 3.02. The van der Waals surface area contributed by atoms with Crippen molar-refractivity contribution < 1.29 is 13.2 Å². The second kappa shape index (κ2) is 6.59. The van der Waals surface area contributed by atoms with Gasteiger partial charge in [-0.2, -0.15) is 13.2 Å². The first-order valence-corrected chi connectivity index (χ1v) is 8.17. The number of rotatable bonds is 3. The molecule has 1 aromatic carbocycles. The van der Waals surface area contributed by atoms with E-state index < -0.39 is 11.7 Å². The smallest absolute Gasteiger partial charge is 0.314 e. The monoisotopic (exact) mass is 312 g/mol. The van der Waals surface area contributed by atoms with E-state index in [9.17, 15) is 13.2 Å². The van der Waals surface area contributed by atoms with Gasteiger partial charge >= 0.3 is 6.18 Å². The number of benzene rings is 1. The standard InChI is InChI=1S/C17H23F3N2/c18-17(19,20)15-7-3-6-14(12-15)16(13-4-1-2-5-13)22-10-8-21-9-11-22/h3,6-7,12-13,16,21H,1-2,4-5,8-11H2/t16-/m0/s1. The Labute approximate surface area is 129 Å². The fourth-order valence-electron chi connectivity index (χ4n) is 3.91. The minimum Gasteiger partial charge on any atom is -0.314 e. The van der Waals surface area contributed by atoms with Crippen LogP contribution in [-0.4, -0.2) is 31.1 Å². The summed E-state index contributed by atoms with van der Waals surface area (Å²) in [6.07, 6.45) is 0.397. The van der Waals surface area contributed by atoms with Crippen molar-refractivity contribution in [2.24, 2.45) is 5.92 Å². The fraction of sp³-hybridized carbons (Fsp3) is 0.647. The molecule has 0 aromatic heterocycles. The second-order valence-corrected chi connectivity index (χ2v) is 6.40. The second-order valence-electron chi connectivity index (χ2n) is 6.40. The van der Waals surface area contributed by atoms with Gasteiger partial charge in [0.15, 0.2) is 0 Å². The van der Waals surface area contributed by atoms with E-state index in [0.29, 0.717) is 5.92 Å². The minimum atomic E-state index is -4.26. The minimum absolute atomic E-state index is 0.131. The van der Waals surface area contributed by atoms with Crippen LogP contribution in [0.5, 0.6) is 0 Å². The van der Waals surface area contributed by atoms with Crippen molar-refractivity contribution in [1.82, 2.24) is 10.2 Å². The van der Waals surface area contributed by atoms with E-state index in [0.717, 1.165) is 44.6 Å². The van der Waals surface area contributed by atoms with Crippen molar-refractivity contribution in [3.8, 4) is 0 Å². The number of hydrogen-bond donors (Lipinski definition) is 1. The van der Waals surface area contributed by atoms with Gasteiger partial charge in [0.1, 0.15) is 0 Å². The zero-order chi connectivity index (χ0) is 15.6. The van der Waals surface area contributed by atoms with Crippen LogP contribution in [0, 0.1) is 5.92 Å². The summed E-state index contributed by atoms with van der Waals surface area (Å²) in [5.41, 5.74) is 0.312. The first-order chi connectivity index (χ1) is 10.6. The Hall–Kier alpha value is -1.07. The van der Waals surface area contributed by atoms with Crippen molar-refractivity contribution in [3.63, 3.8) is 0 Å². The summed E-state index contributed by atoms with van der Waals surface area (Å²) >= 11 is 0. The molecule has 1 saturated heterocycles. The molecule has 3 rings (SSSR count). The van der Waals surface area contributed by atoms with Gasteiger partial charge < -0.3 is 5.32 Å². The summed E-state index contributed by atoms with van der Waals surface area (Å²) in [6.45, 7) is 3.67. The van der Waals surface area contributed by atoms with Gasteiger partial charge in [0.25, 0.3) is 0 Å². The predicted octanol–water partition coefficient (Wildman–Crippen LogP) is 3.84. The van der Waals surface area contributed by atoms with Gasteiger partial charge in [-0.1, -0.05) is 25.0 Å². The first kappa shape index (κ1) is 15.8. The van der Waals surface area contributed by atoms with Gasteiger partial charge in [0.05, 0.1) is 5.56 Å². The molecule has 1 heterocycles. The number of nitrogens with zero attached hydrogens (tertiary/aromatic N) is 1. The maximum Gasteiger partial charge on any atom is 0.416 e. The molecule has 0 spiro atoms. The molecular weight excluding hydrogens is 289 g/mol. The van der Waals surface area contributed by atoms with Crippen LogP contribution >= 0.6 is 0 Å². The van der Waals surface area contributed by atoms with Gasteiger partial charge in [-0.3, -0.25) is 4.90 Å². The molecule has 1 aliphatic carbocycles. The van der Waals surface area contributed by atoms with E-state index in [4.69, 9.17) is 0 Å². The Balaban J connectivity index is 1.90. The summed E-state index contributed by atoms with van der Waals surface area (Å²) in [4.78, 5) is 2.38. The summed E-state index contributed by atoms with van der Waals surface area (Å²) in [5.74, 6) is 0.488. The first-order valence-electron chi connectivity index (χ1n) is 8.17. The number of hydrogen-bond acceptors (Lipinski definition) is 2. The number of nitrogens with one attached hydrogen (secondary N) is 1. The lowest BCUT2D eigenvalue weighted by molar-refractivity contribution is -0.137. The van der Waals surface area contributed by atoms with E-state index in [1.807, 2.05) is 6.07 Å². The zero-order valence-electron chi connectivity index (χ0n) is 12.7. The van der Waals surface area contributed by atoms with Gasteiger partial charge in [-0.25, -0.2) is 0 Å². The maximum atomic E-state index is 13.0. The average molecular weight is 312 g/mol. The van der Waals surface area contributed by atoms with E-state index in [-0.39, 0.29) is 6.04 Å². The molecule has 1 N–H and O–H groups in total. The van der Waals surface area contributed by atoms with E-state index in [1.165, 1.54) is 25.0 Å². The molecule has 1 atom stereocenters. The number of halogens is 3. The third-order valence-electron chi connectivity index (χ3n) is 4.95. The molecule has 0 amide bonds. The Morgan fingerprint density at radius 3 is 2.41 bits per heavy atom. The third kappa shape index (κ3) is 3.46. The third-order valence-corrected chi connectivity index (χ3v) is 4.95. The van der Waals surface area contributed by atoms with Crippen LogP contribution < -0.4 is 5.32 Å². The Kier molecular flexibility index (Phi) is 4.73. The van der Waals surface area contributed by atoms with E-state index in [1.54, 1.807) is 6.07 Å². The Morgan fingerprint density at radius 2 is 1.77 bits per heavy atom. The molecule has 1 aromatic rings. The molecular formula is C17H23F3N2. The molecule has 2 nitrogen and oxygen atoms in total. The molecule has 2 aliphatic rings. The summed E-state index contributed by atoms with van der Waals surface area (Å²) < 4.78 is 39.1. The van der Waals surface area contributed by atoms with Crippen LogP contribution in [0.1, 0.15) is 42.9 Å². The summed E-state index contributed by atoms with van der Waals surface area (Å²) in [5, 5.41) is 3.33. The molecule has 0 unspecified atom stereocenters. The highest BCUT2D eigenvalue weighted by molar-refractivity contribution is 5.29. The molecule has 122 valence electrons. The maximum absolute atomic E-state index is 13.0. The summed E-state index contributed by atoms with van der Waals surface area (Å²) in [7, 11) is 0. The molecule has 2 fully saturated rings. The highest BCUT2D eigenvalue weighted by Crippen LogP contribution is 2.41. The topological polar surface area (TPSA) is 15.3 Å². The molecule has 0 radical (unpaired) electrons. The van der Waals surface area contributed by atoms with Crippen LogP contribution in [0.25, 0.3) is 0 Å². The number of alkyl halides is 3. The zero-order valence-corrected chi connectivity index (χ0v) is 12.7. The van der Waals surface area contributed by atoms with Crippen LogP contribution in [0.4, 0.5) is 13.2 Å². The Morgan fingerprint density at radius 1 is 1.09 bits per heavy atom. The lowest BCUT2D eigenvalue weighted by Gasteiger charge is -2.39. The molecule has 1 saturated carbocycles. The van der Waals surface area contributed by atoms with Crippen molar-refractivity contribution in [1.29, 1.82) is 0 Å². The van der Waals surface area contributed by atoms with Gasteiger partial charge in [-0.05, 0) is 36.5 Å². The van der Waals surface area contributed by atoms with Crippen LogP contribution in [0.3, 0.4) is 0 Å². The predicted molar refractivity (Wildman–Crippen MR) is 80.6 cm³/mol. The number of piperazine rings is 1. The van der Waals surface area contributed by atoms with Crippen molar-refractivity contribution in [2.45, 2.75) is 37.9 Å². The largest absolute Gasteiger partial charge is 0.416 e. The van der Waals surface area contributed by atoms with E-state index in [2.05, 4.69) is 10.2 Å². The fourth-order valence-corrected chi connectivity index (χ4v) is 3.91. The molecule has 22 heavy (non-hydrogen) atoms. The highest BCUT2D eigenvalue weighted by Gasteiger charge is 2.35. The van der Waals surface area contributed by atoms with Gasteiger partial charge in [0.2, 0.25) is 0 Å². The normalized spacial score (nSPS) is 22.9. The molecule has 1 aliphatic heterocycles. The summed E-state index contributed by atoms with van der Waals surface area (Å²) in [6, 6.07) is 6.10. The van der Waals surface area contributed by atoms with Crippen molar-refractivity contribution in [3.05, 3.63) is 35.4 Å². The van der Waals surface area contributed by atoms with Crippen LogP contribution in [0.15, 0.2) is 24.3 Å².